The fraction of sp³-hybridized carbons (Fsp3) is 0.500. The Morgan fingerprint density at radius 3 is 2.72 bits per heavy atom. The van der Waals surface area contributed by atoms with Crippen molar-refractivity contribution in [3.8, 4) is 0 Å². The van der Waals surface area contributed by atoms with Crippen LogP contribution in [0.1, 0.15) is 32.2 Å². The molecule has 1 aromatic heterocycles. The molecule has 0 aliphatic heterocycles. The van der Waals surface area contributed by atoms with E-state index in [2.05, 4.69) is 37.1 Å². The summed E-state index contributed by atoms with van der Waals surface area (Å²) in [5.74, 6) is 0. The second-order valence-corrected chi connectivity index (χ2v) is 7.11. The second-order valence-electron chi connectivity index (χ2n) is 5.88. The van der Waals surface area contributed by atoms with Crippen molar-refractivity contribution in [3.63, 3.8) is 0 Å². The van der Waals surface area contributed by atoms with Gasteiger partial charge in [-0.25, -0.2) is 4.98 Å². The second kappa shape index (κ2) is 4.76. The van der Waals surface area contributed by atoms with Crippen molar-refractivity contribution in [3.05, 3.63) is 17.1 Å². The zero-order chi connectivity index (χ0) is 13.3. The SMILES string of the molecule is Cc1nc2cc(NCCC(C)(C)C)c(N)cc2s1. The van der Waals surface area contributed by atoms with Crippen LogP contribution in [0.3, 0.4) is 0 Å². The van der Waals surface area contributed by atoms with Crippen LogP contribution in [0.4, 0.5) is 11.4 Å². The van der Waals surface area contributed by atoms with Crippen molar-refractivity contribution >= 4 is 32.9 Å². The Labute approximate surface area is 112 Å². The van der Waals surface area contributed by atoms with Gasteiger partial charge in [-0.05, 0) is 30.9 Å². The number of benzene rings is 1. The first-order chi connectivity index (χ1) is 8.35. The molecule has 4 heteroatoms. The lowest BCUT2D eigenvalue weighted by atomic mass is 9.92. The molecule has 18 heavy (non-hydrogen) atoms. The van der Waals surface area contributed by atoms with Crippen molar-refractivity contribution in [1.29, 1.82) is 0 Å². The van der Waals surface area contributed by atoms with Crippen molar-refractivity contribution in [2.45, 2.75) is 34.1 Å². The molecule has 2 rings (SSSR count). The largest absolute Gasteiger partial charge is 0.397 e. The average Bonchev–Trinajstić information content (AvgIpc) is 2.55. The Morgan fingerprint density at radius 2 is 2.06 bits per heavy atom. The van der Waals surface area contributed by atoms with Gasteiger partial charge in [0.2, 0.25) is 0 Å². The minimum absolute atomic E-state index is 0.336. The molecule has 1 heterocycles. The van der Waals surface area contributed by atoms with Crippen molar-refractivity contribution in [2.75, 3.05) is 17.6 Å². The number of hydrogen-bond donors (Lipinski definition) is 2. The van der Waals surface area contributed by atoms with Crippen LogP contribution in [-0.4, -0.2) is 11.5 Å². The number of fused-ring (bicyclic) bond motifs is 1. The lowest BCUT2D eigenvalue weighted by molar-refractivity contribution is 0.390. The van der Waals surface area contributed by atoms with Gasteiger partial charge in [0.15, 0.2) is 0 Å². The van der Waals surface area contributed by atoms with Crippen LogP contribution in [-0.2, 0) is 0 Å². The van der Waals surface area contributed by atoms with E-state index in [9.17, 15) is 0 Å². The summed E-state index contributed by atoms with van der Waals surface area (Å²) in [6.45, 7) is 9.68. The van der Waals surface area contributed by atoms with Gasteiger partial charge in [-0.3, -0.25) is 0 Å². The lowest BCUT2D eigenvalue weighted by Gasteiger charge is -2.19. The van der Waals surface area contributed by atoms with Crippen molar-refractivity contribution < 1.29 is 0 Å². The molecular formula is C14H21N3S. The monoisotopic (exact) mass is 263 g/mol. The number of nitrogens with one attached hydrogen (secondary N) is 1. The third-order valence-corrected chi connectivity index (χ3v) is 3.79. The fourth-order valence-corrected chi connectivity index (χ4v) is 2.69. The zero-order valence-corrected chi connectivity index (χ0v) is 12.3. The van der Waals surface area contributed by atoms with Gasteiger partial charge < -0.3 is 11.1 Å². The van der Waals surface area contributed by atoms with E-state index in [-0.39, 0.29) is 0 Å². The number of aryl methyl sites for hydroxylation is 1. The highest BCUT2D eigenvalue weighted by Crippen LogP contribution is 2.30. The van der Waals surface area contributed by atoms with Crippen LogP contribution in [0.2, 0.25) is 0 Å². The van der Waals surface area contributed by atoms with Crippen LogP contribution in [0.5, 0.6) is 0 Å². The number of nitrogens with zero attached hydrogens (tertiary/aromatic N) is 1. The van der Waals surface area contributed by atoms with E-state index in [0.29, 0.717) is 5.41 Å². The van der Waals surface area contributed by atoms with Gasteiger partial charge in [-0.15, -0.1) is 11.3 Å². The summed E-state index contributed by atoms with van der Waals surface area (Å²) < 4.78 is 1.16. The number of nitrogen functional groups attached to an aromatic ring is 1. The maximum atomic E-state index is 6.06. The molecule has 0 unspecified atom stereocenters. The Balaban J connectivity index is 2.15. The summed E-state index contributed by atoms with van der Waals surface area (Å²) in [5.41, 5.74) is 9.23. The van der Waals surface area contributed by atoms with E-state index in [1.54, 1.807) is 11.3 Å². The third-order valence-electron chi connectivity index (χ3n) is 2.86. The summed E-state index contributed by atoms with van der Waals surface area (Å²) in [6.07, 6.45) is 1.11. The summed E-state index contributed by atoms with van der Waals surface area (Å²) in [4.78, 5) is 4.49. The Hall–Kier alpha value is -1.29. The summed E-state index contributed by atoms with van der Waals surface area (Å²) in [7, 11) is 0. The number of aromatic nitrogens is 1. The molecule has 2 aromatic rings. The van der Waals surface area contributed by atoms with Gasteiger partial charge >= 0.3 is 0 Å². The molecule has 0 radical (unpaired) electrons. The zero-order valence-electron chi connectivity index (χ0n) is 11.5. The summed E-state index contributed by atoms with van der Waals surface area (Å²) in [6, 6.07) is 4.07. The molecule has 0 bridgehead atoms. The molecule has 0 aliphatic rings. The molecule has 0 amide bonds. The first-order valence-corrected chi connectivity index (χ1v) is 7.07. The molecular weight excluding hydrogens is 242 g/mol. The fourth-order valence-electron chi connectivity index (χ4n) is 1.83. The lowest BCUT2D eigenvalue weighted by Crippen LogP contribution is -2.13. The quantitative estimate of drug-likeness (QED) is 0.822. The van der Waals surface area contributed by atoms with Crippen LogP contribution >= 0.6 is 11.3 Å². The molecule has 0 fully saturated rings. The van der Waals surface area contributed by atoms with Crippen molar-refractivity contribution in [1.82, 2.24) is 4.98 Å². The van der Waals surface area contributed by atoms with Gasteiger partial charge in [-0.2, -0.15) is 0 Å². The average molecular weight is 263 g/mol. The van der Waals surface area contributed by atoms with Gasteiger partial charge in [-0.1, -0.05) is 20.8 Å². The van der Waals surface area contributed by atoms with Gasteiger partial charge in [0.25, 0.3) is 0 Å². The standard InChI is InChI=1S/C14H21N3S/c1-9-17-12-8-11(10(15)7-13(12)18-9)16-6-5-14(2,3)4/h7-8,16H,5-6,15H2,1-4H3. The molecule has 3 N–H and O–H groups in total. The Kier molecular flexibility index (Phi) is 3.48. The molecule has 3 nitrogen and oxygen atoms in total. The molecule has 0 spiro atoms. The van der Waals surface area contributed by atoms with Gasteiger partial charge in [0.05, 0.1) is 26.6 Å². The van der Waals surface area contributed by atoms with E-state index in [4.69, 9.17) is 5.73 Å². The minimum atomic E-state index is 0.336. The third kappa shape index (κ3) is 3.13. The first kappa shape index (κ1) is 13.1. The summed E-state index contributed by atoms with van der Waals surface area (Å²) in [5, 5.41) is 4.49. The molecule has 0 saturated heterocycles. The highest BCUT2D eigenvalue weighted by molar-refractivity contribution is 7.18. The molecule has 1 aromatic carbocycles. The van der Waals surface area contributed by atoms with Crippen LogP contribution < -0.4 is 11.1 Å². The number of thiazole rings is 1. The predicted molar refractivity (Wildman–Crippen MR) is 81.3 cm³/mol. The number of rotatable bonds is 3. The maximum Gasteiger partial charge on any atom is 0.0907 e. The topological polar surface area (TPSA) is 50.9 Å². The van der Waals surface area contributed by atoms with E-state index in [0.717, 1.165) is 39.6 Å². The smallest absolute Gasteiger partial charge is 0.0907 e. The number of hydrogen-bond acceptors (Lipinski definition) is 4. The molecule has 98 valence electrons. The van der Waals surface area contributed by atoms with Crippen LogP contribution in [0, 0.1) is 12.3 Å². The van der Waals surface area contributed by atoms with E-state index < -0.39 is 0 Å². The van der Waals surface area contributed by atoms with E-state index >= 15 is 0 Å². The van der Waals surface area contributed by atoms with E-state index in [1.165, 1.54) is 0 Å². The van der Waals surface area contributed by atoms with Crippen molar-refractivity contribution in [2.24, 2.45) is 5.41 Å². The van der Waals surface area contributed by atoms with Gasteiger partial charge in [0, 0.05) is 6.54 Å². The maximum absolute atomic E-state index is 6.06. The van der Waals surface area contributed by atoms with Crippen LogP contribution in [0.15, 0.2) is 12.1 Å². The Morgan fingerprint density at radius 1 is 1.33 bits per heavy atom. The summed E-state index contributed by atoms with van der Waals surface area (Å²) >= 11 is 1.68. The number of anilines is 2. The molecule has 0 saturated carbocycles. The predicted octanol–water partition coefficient (Wildman–Crippen LogP) is 4.04. The first-order valence-electron chi connectivity index (χ1n) is 6.26. The van der Waals surface area contributed by atoms with E-state index in [1.807, 2.05) is 13.0 Å². The van der Waals surface area contributed by atoms with Crippen LogP contribution in [0.25, 0.3) is 10.2 Å². The highest BCUT2D eigenvalue weighted by Gasteiger charge is 2.10. The molecule has 0 atom stereocenters. The highest BCUT2D eigenvalue weighted by atomic mass is 32.1. The van der Waals surface area contributed by atoms with Gasteiger partial charge in [0.1, 0.15) is 0 Å². The molecule has 0 aliphatic carbocycles. The Bertz CT molecular complexity index is 552. The minimum Gasteiger partial charge on any atom is -0.397 e. The number of nitrogens with two attached hydrogens (primary N) is 1. The normalized spacial score (nSPS) is 12.0.